The number of thiazole rings is 1. The van der Waals surface area contributed by atoms with Crippen LogP contribution >= 0.6 is 11.3 Å². The third-order valence-corrected chi connectivity index (χ3v) is 3.49. The number of pyridine rings is 1. The maximum Gasteiger partial charge on any atom is 0.142 e. The van der Waals surface area contributed by atoms with E-state index in [9.17, 15) is 0 Å². The Morgan fingerprint density at radius 3 is 2.88 bits per heavy atom. The third kappa shape index (κ3) is 2.90. The van der Waals surface area contributed by atoms with Crippen molar-refractivity contribution in [1.82, 2.24) is 15.3 Å². The van der Waals surface area contributed by atoms with Crippen molar-refractivity contribution in [2.45, 2.75) is 26.8 Å². The van der Waals surface area contributed by atoms with Crippen LogP contribution in [0.5, 0.6) is 0 Å². The summed E-state index contributed by atoms with van der Waals surface area (Å²) >= 11 is 1.65. The zero-order chi connectivity index (χ0) is 12.3. The molecule has 2 aromatic rings. The minimum absolute atomic E-state index is 0.301. The summed E-state index contributed by atoms with van der Waals surface area (Å²) in [6, 6.07) is 4.39. The molecular formula is C13H17N3S. The van der Waals surface area contributed by atoms with Gasteiger partial charge in [0.1, 0.15) is 5.01 Å². The van der Waals surface area contributed by atoms with Gasteiger partial charge in [-0.1, -0.05) is 13.0 Å². The zero-order valence-corrected chi connectivity index (χ0v) is 11.2. The minimum Gasteiger partial charge on any atom is -0.309 e. The van der Waals surface area contributed by atoms with Crippen LogP contribution in [-0.4, -0.2) is 16.5 Å². The van der Waals surface area contributed by atoms with Gasteiger partial charge in [-0.25, -0.2) is 4.98 Å². The highest BCUT2D eigenvalue weighted by Crippen LogP contribution is 2.24. The molecule has 2 heterocycles. The summed E-state index contributed by atoms with van der Waals surface area (Å²) in [6.45, 7) is 7.23. The molecule has 0 saturated heterocycles. The van der Waals surface area contributed by atoms with E-state index in [2.05, 4.69) is 40.6 Å². The molecular weight excluding hydrogens is 230 g/mol. The second-order valence-electron chi connectivity index (χ2n) is 4.08. The summed E-state index contributed by atoms with van der Waals surface area (Å²) < 4.78 is 0. The van der Waals surface area contributed by atoms with Gasteiger partial charge in [-0.2, -0.15) is 0 Å². The Hall–Kier alpha value is -1.26. The Kier molecular flexibility index (Phi) is 3.86. The van der Waals surface area contributed by atoms with Crippen LogP contribution in [0, 0.1) is 6.92 Å². The van der Waals surface area contributed by atoms with E-state index in [0.29, 0.717) is 6.04 Å². The van der Waals surface area contributed by atoms with Crippen molar-refractivity contribution < 1.29 is 0 Å². The van der Waals surface area contributed by atoms with Crippen LogP contribution in [0.4, 0.5) is 0 Å². The highest BCUT2D eigenvalue weighted by molar-refractivity contribution is 7.13. The molecule has 90 valence electrons. The second kappa shape index (κ2) is 5.38. The largest absolute Gasteiger partial charge is 0.309 e. The van der Waals surface area contributed by atoms with Crippen LogP contribution in [0.2, 0.25) is 0 Å². The highest BCUT2D eigenvalue weighted by Gasteiger charge is 2.10. The average molecular weight is 247 g/mol. The van der Waals surface area contributed by atoms with Gasteiger partial charge in [0.15, 0.2) is 0 Å². The molecule has 0 fully saturated rings. The molecule has 0 saturated carbocycles. The summed E-state index contributed by atoms with van der Waals surface area (Å²) in [5.74, 6) is 0. The number of aromatic nitrogens is 2. The normalized spacial score (nSPS) is 12.6. The van der Waals surface area contributed by atoms with Crippen molar-refractivity contribution >= 4 is 11.3 Å². The number of hydrogen-bond donors (Lipinski definition) is 1. The molecule has 0 amide bonds. The molecule has 2 aromatic heterocycles. The second-order valence-corrected chi connectivity index (χ2v) is 4.94. The Morgan fingerprint density at radius 1 is 1.41 bits per heavy atom. The molecule has 0 aliphatic rings. The van der Waals surface area contributed by atoms with Gasteiger partial charge in [-0.3, -0.25) is 4.98 Å². The Labute approximate surface area is 106 Å². The fraction of sp³-hybridized carbons (Fsp3) is 0.385. The van der Waals surface area contributed by atoms with Crippen LogP contribution < -0.4 is 5.32 Å². The van der Waals surface area contributed by atoms with Crippen LogP contribution in [0.25, 0.3) is 10.7 Å². The van der Waals surface area contributed by atoms with Gasteiger partial charge in [-0.05, 0) is 32.0 Å². The Morgan fingerprint density at radius 2 is 2.24 bits per heavy atom. The van der Waals surface area contributed by atoms with Crippen molar-refractivity contribution in [2.24, 2.45) is 0 Å². The SMILES string of the molecule is CCNC(C)c1csc(-c2ccc(C)cn2)n1. The van der Waals surface area contributed by atoms with Gasteiger partial charge in [0.2, 0.25) is 0 Å². The monoisotopic (exact) mass is 247 g/mol. The molecule has 0 aromatic carbocycles. The maximum atomic E-state index is 4.62. The lowest BCUT2D eigenvalue weighted by Crippen LogP contribution is -2.17. The highest BCUT2D eigenvalue weighted by atomic mass is 32.1. The number of hydrogen-bond acceptors (Lipinski definition) is 4. The fourth-order valence-corrected chi connectivity index (χ4v) is 2.50. The number of nitrogens with zero attached hydrogens (tertiary/aromatic N) is 2. The van der Waals surface area contributed by atoms with Gasteiger partial charge < -0.3 is 5.32 Å². The molecule has 0 aliphatic carbocycles. The van der Waals surface area contributed by atoms with E-state index in [1.54, 1.807) is 11.3 Å². The van der Waals surface area contributed by atoms with E-state index >= 15 is 0 Å². The standard InChI is InChI=1S/C13H17N3S/c1-4-14-10(3)12-8-17-13(16-12)11-6-5-9(2)7-15-11/h5-8,10,14H,4H2,1-3H3. The molecule has 3 nitrogen and oxygen atoms in total. The van der Waals surface area contributed by atoms with Crippen LogP contribution in [0.3, 0.4) is 0 Å². The summed E-state index contributed by atoms with van der Waals surface area (Å²) in [5.41, 5.74) is 3.22. The van der Waals surface area contributed by atoms with Gasteiger partial charge in [0, 0.05) is 17.6 Å². The van der Waals surface area contributed by atoms with E-state index in [1.807, 2.05) is 19.2 Å². The van der Waals surface area contributed by atoms with Crippen LogP contribution in [0.15, 0.2) is 23.7 Å². The molecule has 4 heteroatoms. The quantitative estimate of drug-likeness (QED) is 0.901. The van der Waals surface area contributed by atoms with E-state index < -0.39 is 0 Å². The first kappa shape index (κ1) is 12.2. The van der Waals surface area contributed by atoms with Crippen molar-refractivity contribution in [3.8, 4) is 10.7 Å². The van der Waals surface area contributed by atoms with Gasteiger partial charge in [0.25, 0.3) is 0 Å². The molecule has 1 unspecified atom stereocenters. The molecule has 0 radical (unpaired) electrons. The van der Waals surface area contributed by atoms with Crippen LogP contribution in [-0.2, 0) is 0 Å². The van der Waals surface area contributed by atoms with Crippen molar-refractivity contribution in [1.29, 1.82) is 0 Å². The predicted octanol–water partition coefficient (Wildman–Crippen LogP) is 3.18. The Balaban J connectivity index is 2.20. The van der Waals surface area contributed by atoms with Crippen molar-refractivity contribution in [2.75, 3.05) is 6.54 Å². The molecule has 0 aliphatic heterocycles. The fourth-order valence-electron chi connectivity index (χ4n) is 1.61. The summed E-state index contributed by atoms with van der Waals surface area (Å²) in [7, 11) is 0. The lowest BCUT2D eigenvalue weighted by atomic mass is 10.2. The third-order valence-electron chi connectivity index (χ3n) is 2.61. The summed E-state index contributed by atoms with van der Waals surface area (Å²) in [6.07, 6.45) is 1.88. The molecule has 0 bridgehead atoms. The lowest BCUT2D eigenvalue weighted by molar-refractivity contribution is 0.587. The number of nitrogens with one attached hydrogen (secondary N) is 1. The molecule has 1 atom stereocenters. The maximum absolute atomic E-state index is 4.62. The van der Waals surface area contributed by atoms with E-state index in [-0.39, 0.29) is 0 Å². The van der Waals surface area contributed by atoms with Gasteiger partial charge in [0.05, 0.1) is 11.4 Å². The number of aryl methyl sites for hydroxylation is 1. The van der Waals surface area contributed by atoms with Crippen LogP contribution in [0.1, 0.15) is 31.1 Å². The van der Waals surface area contributed by atoms with E-state index in [0.717, 1.165) is 22.9 Å². The number of rotatable bonds is 4. The first-order chi connectivity index (χ1) is 8.20. The topological polar surface area (TPSA) is 37.8 Å². The summed E-state index contributed by atoms with van der Waals surface area (Å²) in [4.78, 5) is 9.02. The minimum atomic E-state index is 0.301. The van der Waals surface area contributed by atoms with Gasteiger partial charge in [-0.15, -0.1) is 11.3 Å². The summed E-state index contributed by atoms with van der Waals surface area (Å²) in [5, 5.41) is 6.45. The molecule has 0 spiro atoms. The predicted molar refractivity (Wildman–Crippen MR) is 72.2 cm³/mol. The van der Waals surface area contributed by atoms with Gasteiger partial charge >= 0.3 is 0 Å². The van der Waals surface area contributed by atoms with E-state index in [1.165, 1.54) is 5.56 Å². The molecule has 2 rings (SSSR count). The first-order valence-corrected chi connectivity index (χ1v) is 6.70. The average Bonchev–Trinajstić information content (AvgIpc) is 2.80. The zero-order valence-electron chi connectivity index (χ0n) is 10.4. The van der Waals surface area contributed by atoms with Crippen molar-refractivity contribution in [3.63, 3.8) is 0 Å². The molecule has 17 heavy (non-hydrogen) atoms. The Bertz CT molecular complexity index is 476. The lowest BCUT2D eigenvalue weighted by Gasteiger charge is -2.08. The molecule has 1 N–H and O–H groups in total. The smallest absolute Gasteiger partial charge is 0.142 e. The van der Waals surface area contributed by atoms with Crippen molar-refractivity contribution in [3.05, 3.63) is 35.0 Å². The first-order valence-electron chi connectivity index (χ1n) is 5.82. The van der Waals surface area contributed by atoms with E-state index in [4.69, 9.17) is 0 Å².